The summed E-state index contributed by atoms with van der Waals surface area (Å²) in [5, 5.41) is 0. The van der Waals surface area contributed by atoms with Crippen LogP contribution in [0, 0.1) is 5.92 Å². The summed E-state index contributed by atoms with van der Waals surface area (Å²) in [6, 6.07) is 29.1. The third kappa shape index (κ3) is 7.07. The molecule has 0 heteroatoms. The van der Waals surface area contributed by atoms with Gasteiger partial charge in [0.25, 0.3) is 0 Å². The van der Waals surface area contributed by atoms with Crippen LogP contribution in [0.2, 0.25) is 0 Å². The molecular weight excluding hydrogens is 408 g/mol. The number of rotatable bonds is 9. The van der Waals surface area contributed by atoms with Gasteiger partial charge in [-0.3, -0.25) is 0 Å². The molecule has 0 radical (unpaired) electrons. The molecule has 0 amide bonds. The molecule has 1 fully saturated rings. The molecule has 0 unspecified atom stereocenters. The molecule has 0 saturated heterocycles. The average Bonchev–Trinajstić information content (AvgIpc) is 2.90. The first-order valence-corrected chi connectivity index (χ1v) is 13.2. The second kappa shape index (κ2) is 12.6. The maximum Gasteiger partial charge on any atom is -0.0150 e. The van der Waals surface area contributed by atoms with Gasteiger partial charge in [-0.2, -0.15) is 0 Å². The zero-order valence-electron chi connectivity index (χ0n) is 21.0. The fourth-order valence-electron chi connectivity index (χ4n) is 5.37. The number of allylic oxidation sites excluding steroid dienone is 2. The topological polar surface area (TPSA) is 0 Å². The van der Waals surface area contributed by atoms with Crippen molar-refractivity contribution in [3.8, 4) is 0 Å². The van der Waals surface area contributed by atoms with Crippen LogP contribution in [0.15, 0.2) is 91.0 Å². The van der Waals surface area contributed by atoms with Crippen LogP contribution in [0.3, 0.4) is 0 Å². The van der Waals surface area contributed by atoms with E-state index >= 15 is 0 Å². The zero-order valence-corrected chi connectivity index (χ0v) is 21.0. The van der Waals surface area contributed by atoms with Gasteiger partial charge in [-0.05, 0) is 97.4 Å². The van der Waals surface area contributed by atoms with E-state index in [1.54, 1.807) is 0 Å². The lowest BCUT2D eigenvalue weighted by Gasteiger charge is -2.28. The molecule has 1 aliphatic carbocycles. The molecular formula is C34H40. The second-order valence-corrected chi connectivity index (χ2v) is 10.1. The summed E-state index contributed by atoms with van der Waals surface area (Å²) in [7, 11) is 0. The van der Waals surface area contributed by atoms with E-state index in [0.717, 1.165) is 18.3 Å². The molecule has 0 aromatic heterocycles. The quantitative estimate of drug-likeness (QED) is 0.226. The Hall–Kier alpha value is -2.86. The Balaban J connectivity index is 1.27. The lowest BCUT2D eigenvalue weighted by molar-refractivity contribution is 0.312. The van der Waals surface area contributed by atoms with E-state index in [-0.39, 0.29) is 0 Å². The van der Waals surface area contributed by atoms with Gasteiger partial charge in [0.15, 0.2) is 0 Å². The van der Waals surface area contributed by atoms with Crippen LogP contribution in [0.5, 0.6) is 0 Å². The van der Waals surface area contributed by atoms with Gasteiger partial charge in [0, 0.05) is 0 Å². The highest BCUT2D eigenvalue weighted by Crippen LogP contribution is 2.37. The van der Waals surface area contributed by atoms with Crippen LogP contribution >= 0.6 is 0 Å². The van der Waals surface area contributed by atoms with Crippen LogP contribution in [0.1, 0.15) is 92.0 Å². The Bertz CT molecular complexity index is 1030. The summed E-state index contributed by atoms with van der Waals surface area (Å²) in [6.07, 6.45) is 18.2. The highest BCUT2D eigenvalue weighted by atomic mass is 14.3. The third-order valence-electron chi connectivity index (χ3n) is 7.59. The van der Waals surface area contributed by atoms with Gasteiger partial charge in [-0.1, -0.05) is 110 Å². The Morgan fingerprint density at radius 2 is 1.38 bits per heavy atom. The smallest absolute Gasteiger partial charge is 0.0150 e. The molecule has 34 heavy (non-hydrogen) atoms. The largest absolute Gasteiger partial charge is 0.0917 e. The number of hydrogen-bond donors (Lipinski definition) is 0. The molecule has 3 aromatic rings. The standard InChI is InChI=1S/C34H40/c1-3-4-6-9-28-18-22-33(23-19-28)34-24-20-30(21-25-34)13-12-29-14-16-31(17-15-29)26-27(2)32-10-7-5-8-11-32/h3-5,7-8,10-17,20-21,24-25,27-28,33H,6,9,18-19,22-23,26H2,1-2H3/b4-3+,13-12?/t27-,28?,33?/m0/s1. The van der Waals surface area contributed by atoms with Crippen LogP contribution in [-0.2, 0) is 6.42 Å². The maximum atomic E-state index is 2.36. The van der Waals surface area contributed by atoms with E-state index in [1.165, 1.54) is 66.3 Å². The van der Waals surface area contributed by atoms with Crippen LogP contribution < -0.4 is 0 Å². The summed E-state index contributed by atoms with van der Waals surface area (Å²) < 4.78 is 0. The molecule has 0 bridgehead atoms. The van der Waals surface area contributed by atoms with Crippen molar-refractivity contribution in [2.24, 2.45) is 5.92 Å². The maximum absolute atomic E-state index is 2.36. The van der Waals surface area contributed by atoms with Crippen LogP contribution in [0.25, 0.3) is 12.2 Å². The van der Waals surface area contributed by atoms with Gasteiger partial charge in [0.2, 0.25) is 0 Å². The number of benzene rings is 3. The minimum absolute atomic E-state index is 0.536. The highest BCUT2D eigenvalue weighted by molar-refractivity contribution is 5.69. The van der Waals surface area contributed by atoms with Crippen molar-refractivity contribution in [3.05, 3.63) is 119 Å². The predicted octanol–water partition coefficient (Wildman–Crippen LogP) is 9.83. The van der Waals surface area contributed by atoms with Gasteiger partial charge in [0.05, 0.1) is 0 Å². The molecule has 1 aliphatic rings. The molecule has 176 valence electrons. The summed E-state index contributed by atoms with van der Waals surface area (Å²) in [5.41, 5.74) is 6.88. The summed E-state index contributed by atoms with van der Waals surface area (Å²) in [6.45, 7) is 4.43. The van der Waals surface area contributed by atoms with E-state index in [2.05, 4.69) is 117 Å². The normalized spacial score (nSPS) is 19.6. The van der Waals surface area contributed by atoms with Crippen molar-refractivity contribution in [2.75, 3.05) is 0 Å². The van der Waals surface area contributed by atoms with Crippen molar-refractivity contribution in [1.82, 2.24) is 0 Å². The molecule has 4 rings (SSSR count). The first-order valence-electron chi connectivity index (χ1n) is 13.2. The SMILES string of the molecule is C/C=C/CCC1CCC(c2ccc(C=Cc3ccc(C[C@H](C)c4ccccc4)cc3)cc2)CC1. The molecule has 1 saturated carbocycles. The lowest BCUT2D eigenvalue weighted by Crippen LogP contribution is -2.13. The molecule has 3 aromatic carbocycles. The summed E-state index contributed by atoms with van der Waals surface area (Å²) in [4.78, 5) is 0. The molecule has 1 atom stereocenters. The fraction of sp³-hybridized carbons (Fsp3) is 0.353. The Labute approximate surface area is 207 Å². The van der Waals surface area contributed by atoms with Gasteiger partial charge in [0.1, 0.15) is 0 Å². The van der Waals surface area contributed by atoms with Crippen molar-refractivity contribution < 1.29 is 0 Å². The van der Waals surface area contributed by atoms with E-state index in [1.807, 2.05) is 0 Å². The van der Waals surface area contributed by atoms with E-state index < -0.39 is 0 Å². The molecule has 0 spiro atoms. The van der Waals surface area contributed by atoms with Crippen molar-refractivity contribution in [2.45, 2.75) is 70.6 Å². The zero-order chi connectivity index (χ0) is 23.6. The van der Waals surface area contributed by atoms with E-state index in [9.17, 15) is 0 Å². The van der Waals surface area contributed by atoms with E-state index in [0.29, 0.717) is 5.92 Å². The lowest BCUT2D eigenvalue weighted by atomic mass is 9.77. The van der Waals surface area contributed by atoms with Crippen molar-refractivity contribution >= 4 is 12.2 Å². The Kier molecular flexibility index (Phi) is 8.97. The van der Waals surface area contributed by atoms with Gasteiger partial charge >= 0.3 is 0 Å². The van der Waals surface area contributed by atoms with Gasteiger partial charge < -0.3 is 0 Å². The first kappa shape index (κ1) is 24.3. The third-order valence-corrected chi connectivity index (χ3v) is 7.59. The van der Waals surface area contributed by atoms with Crippen LogP contribution in [0.4, 0.5) is 0 Å². The molecule has 0 N–H and O–H groups in total. The summed E-state index contributed by atoms with van der Waals surface area (Å²) in [5.74, 6) is 2.22. The minimum Gasteiger partial charge on any atom is -0.0917 e. The molecule has 0 aliphatic heterocycles. The second-order valence-electron chi connectivity index (χ2n) is 10.1. The monoisotopic (exact) mass is 448 g/mol. The molecule has 0 nitrogen and oxygen atoms in total. The van der Waals surface area contributed by atoms with Gasteiger partial charge in [-0.15, -0.1) is 0 Å². The van der Waals surface area contributed by atoms with Crippen molar-refractivity contribution in [1.29, 1.82) is 0 Å². The van der Waals surface area contributed by atoms with Crippen LogP contribution in [-0.4, -0.2) is 0 Å². The Morgan fingerprint density at radius 1 is 0.765 bits per heavy atom. The minimum atomic E-state index is 0.536. The first-order chi connectivity index (χ1) is 16.7. The van der Waals surface area contributed by atoms with E-state index in [4.69, 9.17) is 0 Å². The average molecular weight is 449 g/mol. The molecule has 0 heterocycles. The fourth-order valence-corrected chi connectivity index (χ4v) is 5.37. The highest BCUT2D eigenvalue weighted by Gasteiger charge is 2.21. The Morgan fingerprint density at radius 3 is 2.00 bits per heavy atom. The number of hydrogen-bond acceptors (Lipinski definition) is 0. The predicted molar refractivity (Wildman–Crippen MR) is 149 cm³/mol. The summed E-state index contributed by atoms with van der Waals surface area (Å²) >= 11 is 0. The van der Waals surface area contributed by atoms with Gasteiger partial charge in [-0.25, -0.2) is 0 Å². The van der Waals surface area contributed by atoms with Crippen molar-refractivity contribution in [3.63, 3.8) is 0 Å².